The Morgan fingerprint density at radius 2 is 2.14 bits per heavy atom. The maximum atomic E-state index is 4.21. The Morgan fingerprint density at radius 1 is 1.43 bits per heavy atom. The summed E-state index contributed by atoms with van der Waals surface area (Å²) in [4.78, 5) is 2.78. The summed E-state index contributed by atoms with van der Waals surface area (Å²) in [6, 6.07) is 0.925. The van der Waals surface area contributed by atoms with Gasteiger partial charge in [-0.2, -0.15) is 0 Å². The minimum atomic E-state index is 0.417. The van der Waals surface area contributed by atoms with Crippen LogP contribution in [0, 0.1) is 11.3 Å². The Labute approximate surface area is 87.2 Å². The Kier molecular flexibility index (Phi) is 1.45. The van der Waals surface area contributed by atoms with Crippen LogP contribution in [0.5, 0.6) is 0 Å². The summed E-state index contributed by atoms with van der Waals surface area (Å²) in [6.45, 7) is 12.6. The summed E-state index contributed by atoms with van der Waals surface area (Å²) in [7, 11) is 0. The molecule has 1 nitrogen and oxygen atoms in total. The minimum Gasteiger partial charge on any atom is -0.290 e. The Bertz CT molecular complexity index is 299. The van der Waals surface area contributed by atoms with Crippen LogP contribution in [0.2, 0.25) is 0 Å². The highest BCUT2D eigenvalue weighted by molar-refractivity contribution is 5.27. The van der Waals surface area contributed by atoms with E-state index >= 15 is 0 Å². The molecule has 3 aliphatic rings. The van der Waals surface area contributed by atoms with Crippen molar-refractivity contribution in [2.45, 2.75) is 51.6 Å². The fraction of sp³-hybridized carbons (Fsp3) is 0.846. The van der Waals surface area contributed by atoms with Crippen LogP contribution in [-0.2, 0) is 0 Å². The van der Waals surface area contributed by atoms with Crippen LogP contribution < -0.4 is 0 Å². The first kappa shape index (κ1) is 8.96. The molecule has 0 aromatic carbocycles. The van der Waals surface area contributed by atoms with E-state index in [-0.39, 0.29) is 0 Å². The van der Waals surface area contributed by atoms with Gasteiger partial charge in [0.05, 0.1) is 0 Å². The molecule has 1 aliphatic carbocycles. The standard InChI is InChI=1S/C13H21N/c1-9-6-13(12(2,3)4)7-10-5-11(10)14(13)8-9/h10-11H,1,5-8H2,2-4H3/t10-,11-,13?/m1/s1. The zero-order chi connectivity index (χ0) is 10.1. The van der Waals surface area contributed by atoms with Gasteiger partial charge in [-0.15, -0.1) is 0 Å². The van der Waals surface area contributed by atoms with Crippen molar-refractivity contribution < 1.29 is 0 Å². The van der Waals surface area contributed by atoms with Gasteiger partial charge >= 0.3 is 0 Å². The van der Waals surface area contributed by atoms with E-state index in [1.807, 2.05) is 0 Å². The molecule has 0 N–H and O–H groups in total. The Balaban J connectivity index is 2.00. The fourth-order valence-electron chi connectivity index (χ4n) is 3.86. The molecule has 2 saturated heterocycles. The molecular weight excluding hydrogens is 170 g/mol. The fourth-order valence-corrected chi connectivity index (χ4v) is 3.86. The van der Waals surface area contributed by atoms with Gasteiger partial charge in [0.1, 0.15) is 0 Å². The molecule has 3 atom stereocenters. The van der Waals surface area contributed by atoms with Crippen molar-refractivity contribution in [2.24, 2.45) is 11.3 Å². The number of hydrogen-bond donors (Lipinski definition) is 0. The van der Waals surface area contributed by atoms with Crippen LogP contribution in [-0.4, -0.2) is 23.0 Å². The molecule has 3 rings (SSSR count). The van der Waals surface area contributed by atoms with E-state index in [2.05, 4.69) is 32.3 Å². The molecule has 1 unspecified atom stereocenters. The summed E-state index contributed by atoms with van der Waals surface area (Å²) >= 11 is 0. The first-order valence-electron chi connectivity index (χ1n) is 5.87. The molecule has 0 aromatic heterocycles. The third kappa shape index (κ3) is 0.894. The first-order valence-corrected chi connectivity index (χ1v) is 5.87. The lowest BCUT2D eigenvalue weighted by atomic mass is 9.70. The van der Waals surface area contributed by atoms with Crippen molar-refractivity contribution in [3.63, 3.8) is 0 Å². The largest absolute Gasteiger partial charge is 0.290 e. The molecular formula is C13H21N. The van der Waals surface area contributed by atoms with E-state index in [0.717, 1.165) is 12.0 Å². The lowest BCUT2D eigenvalue weighted by molar-refractivity contribution is 0.0426. The molecule has 1 saturated carbocycles. The molecule has 1 heteroatoms. The second kappa shape index (κ2) is 2.27. The molecule has 2 heterocycles. The van der Waals surface area contributed by atoms with E-state index in [9.17, 15) is 0 Å². The van der Waals surface area contributed by atoms with Crippen LogP contribution in [0.25, 0.3) is 0 Å². The quantitative estimate of drug-likeness (QED) is 0.532. The molecule has 2 aliphatic heterocycles. The summed E-state index contributed by atoms with van der Waals surface area (Å²) in [5.41, 5.74) is 2.35. The van der Waals surface area contributed by atoms with E-state index in [0.29, 0.717) is 11.0 Å². The summed E-state index contributed by atoms with van der Waals surface area (Å²) in [6.07, 6.45) is 4.15. The normalized spacial score (nSPS) is 46.6. The molecule has 0 aromatic rings. The van der Waals surface area contributed by atoms with Gasteiger partial charge in [-0.25, -0.2) is 0 Å². The minimum absolute atomic E-state index is 0.417. The van der Waals surface area contributed by atoms with Crippen LogP contribution in [0.15, 0.2) is 12.2 Å². The van der Waals surface area contributed by atoms with E-state index in [1.165, 1.54) is 31.4 Å². The average molecular weight is 191 g/mol. The lowest BCUT2D eigenvalue weighted by Gasteiger charge is -2.45. The third-order valence-corrected chi connectivity index (χ3v) is 4.77. The van der Waals surface area contributed by atoms with Gasteiger partial charge in [-0.3, -0.25) is 4.90 Å². The molecule has 78 valence electrons. The number of nitrogens with zero attached hydrogens (tertiary/aromatic N) is 1. The van der Waals surface area contributed by atoms with Gasteiger partial charge in [0.2, 0.25) is 0 Å². The number of hydrogen-bond acceptors (Lipinski definition) is 1. The SMILES string of the molecule is C=C1CN2[C@@H]3C[C@@H]3CC2(C(C)(C)C)C1. The van der Waals surface area contributed by atoms with E-state index in [4.69, 9.17) is 0 Å². The van der Waals surface area contributed by atoms with Crippen LogP contribution in [0.3, 0.4) is 0 Å². The lowest BCUT2D eigenvalue weighted by Crippen LogP contribution is -2.51. The van der Waals surface area contributed by atoms with Crippen molar-refractivity contribution in [1.29, 1.82) is 0 Å². The van der Waals surface area contributed by atoms with Crippen LogP contribution >= 0.6 is 0 Å². The van der Waals surface area contributed by atoms with Gasteiger partial charge in [0.25, 0.3) is 0 Å². The Morgan fingerprint density at radius 3 is 2.71 bits per heavy atom. The maximum absolute atomic E-state index is 4.21. The summed E-state index contributed by atoms with van der Waals surface area (Å²) in [5, 5.41) is 0. The van der Waals surface area contributed by atoms with E-state index < -0.39 is 0 Å². The molecule has 14 heavy (non-hydrogen) atoms. The summed E-state index contributed by atoms with van der Waals surface area (Å²) < 4.78 is 0. The molecule has 0 amide bonds. The van der Waals surface area contributed by atoms with Crippen LogP contribution in [0.4, 0.5) is 0 Å². The predicted octanol–water partition coefficient (Wildman–Crippen LogP) is 2.83. The maximum Gasteiger partial charge on any atom is 0.0304 e. The topological polar surface area (TPSA) is 3.24 Å². The van der Waals surface area contributed by atoms with Gasteiger partial charge in [-0.05, 0) is 30.6 Å². The van der Waals surface area contributed by atoms with Gasteiger partial charge < -0.3 is 0 Å². The van der Waals surface area contributed by atoms with Crippen molar-refractivity contribution in [1.82, 2.24) is 4.90 Å². The molecule has 0 spiro atoms. The first-order chi connectivity index (χ1) is 6.44. The molecule has 0 bridgehead atoms. The van der Waals surface area contributed by atoms with Crippen molar-refractivity contribution in [3.8, 4) is 0 Å². The number of rotatable bonds is 0. The highest BCUT2D eigenvalue weighted by atomic mass is 15.3. The van der Waals surface area contributed by atoms with Crippen LogP contribution in [0.1, 0.15) is 40.0 Å². The van der Waals surface area contributed by atoms with Crippen molar-refractivity contribution in [3.05, 3.63) is 12.2 Å². The van der Waals surface area contributed by atoms with Gasteiger partial charge in [0, 0.05) is 18.1 Å². The predicted molar refractivity (Wildman–Crippen MR) is 59.2 cm³/mol. The average Bonchev–Trinajstić information content (AvgIpc) is 2.56. The second-order valence-electron chi connectivity index (χ2n) is 6.60. The Hall–Kier alpha value is -0.300. The highest BCUT2D eigenvalue weighted by Gasteiger charge is 2.65. The third-order valence-electron chi connectivity index (χ3n) is 4.77. The smallest absolute Gasteiger partial charge is 0.0304 e. The second-order valence-corrected chi connectivity index (χ2v) is 6.60. The zero-order valence-corrected chi connectivity index (χ0v) is 9.64. The van der Waals surface area contributed by atoms with Gasteiger partial charge in [0.15, 0.2) is 0 Å². The highest BCUT2D eigenvalue weighted by Crippen LogP contribution is 2.62. The van der Waals surface area contributed by atoms with Gasteiger partial charge in [-0.1, -0.05) is 32.9 Å². The van der Waals surface area contributed by atoms with Crippen molar-refractivity contribution >= 4 is 0 Å². The zero-order valence-electron chi connectivity index (χ0n) is 9.64. The van der Waals surface area contributed by atoms with Crippen molar-refractivity contribution in [2.75, 3.05) is 6.54 Å². The van der Waals surface area contributed by atoms with E-state index in [1.54, 1.807) is 0 Å². The number of fused-ring (bicyclic) bond motifs is 3. The monoisotopic (exact) mass is 191 g/mol. The molecule has 0 radical (unpaired) electrons. The molecule has 3 fully saturated rings. The number of piperidine rings is 1. The summed E-state index contributed by atoms with van der Waals surface area (Å²) in [5.74, 6) is 1.03.